The second-order valence-corrected chi connectivity index (χ2v) is 5.74. The van der Waals surface area contributed by atoms with Gasteiger partial charge in [0.2, 0.25) is 5.91 Å². The van der Waals surface area contributed by atoms with Crippen LogP contribution in [0.1, 0.15) is 25.5 Å². The van der Waals surface area contributed by atoms with Gasteiger partial charge >= 0.3 is 0 Å². The number of nitrogens with one attached hydrogen (secondary N) is 3. The minimum Gasteiger partial charge on any atom is -0.357 e. The molecular formula is C19H21F3N4O. The van der Waals surface area contributed by atoms with Crippen molar-refractivity contribution in [2.45, 2.75) is 19.9 Å². The van der Waals surface area contributed by atoms with E-state index in [2.05, 4.69) is 20.9 Å². The van der Waals surface area contributed by atoms with Crippen LogP contribution in [0.2, 0.25) is 0 Å². The molecule has 0 fully saturated rings. The Kier molecular flexibility index (Phi) is 7.22. The summed E-state index contributed by atoms with van der Waals surface area (Å²) in [7, 11) is 0. The highest BCUT2D eigenvalue weighted by molar-refractivity contribution is 5.94. The van der Waals surface area contributed by atoms with Crippen molar-refractivity contribution in [1.82, 2.24) is 10.6 Å². The van der Waals surface area contributed by atoms with Gasteiger partial charge in [-0.3, -0.25) is 4.79 Å². The van der Waals surface area contributed by atoms with E-state index in [0.29, 0.717) is 12.5 Å². The number of hydrogen-bond donors (Lipinski definition) is 3. The summed E-state index contributed by atoms with van der Waals surface area (Å²) in [6, 6.07) is 11.3. The molecule has 27 heavy (non-hydrogen) atoms. The Morgan fingerprint density at radius 2 is 1.78 bits per heavy atom. The number of hydrogen-bond acceptors (Lipinski definition) is 2. The van der Waals surface area contributed by atoms with E-state index in [9.17, 15) is 18.0 Å². The molecule has 0 bridgehead atoms. The lowest BCUT2D eigenvalue weighted by Crippen LogP contribution is -2.39. The van der Waals surface area contributed by atoms with Crippen LogP contribution >= 0.6 is 0 Å². The summed E-state index contributed by atoms with van der Waals surface area (Å²) in [5.74, 6) is -4.67. The molecule has 3 N–H and O–H groups in total. The van der Waals surface area contributed by atoms with E-state index in [1.54, 1.807) is 0 Å². The van der Waals surface area contributed by atoms with Crippen LogP contribution < -0.4 is 16.0 Å². The summed E-state index contributed by atoms with van der Waals surface area (Å²) in [5, 5.41) is 8.34. The smallest absolute Gasteiger partial charge is 0.246 e. The first-order valence-corrected chi connectivity index (χ1v) is 8.45. The number of guanidine groups is 1. The van der Waals surface area contributed by atoms with E-state index in [0.717, 1.165) is 17.7 Å². The van der Waals surface area contributed by atoms with E-state index >= 15 is 0 Å². The lowest BCUT2D eigenvalue weighted by Gasteiger charge is -2.18. The SMILES string of the molecule is CCNC(=NCC(=O)Nc1ccc(F)c(F)c1F)NC(C)c1ccccc1. The Hall–Kier alpha value is -3.03. The molecular weight excluding hydrogens is 357 g/mol. The average molecular weight is 378 g/mol. The molecule has 0 aliphatic heterocycles. The highest BCUT2D eigenvalue weighted by Crippen LogP contribution is 2.19. The molecule has 0 saturated heterocycles. The molecule has 0 aliphatic carbocycles. The van der Waals surface area contributed by atoms with Crippen LogP contribution in [0.15, 0.2) is 47.5 Å². The number of rotatable bonds is 6. The molecule has 5 nitrogen and oxygen atoms in total. The summed E-state index contributed by atoms with van der Waals surface area (Å²) >= 11 is 0. The predicted molar refractivity (Wildman–Crippen MR) is 98.9 cm³/mol. The van der Waals surface area contributed by atoms with E-state index < -0.39 is 29.0 Å². The number of aliphatic imine (C=N–C) groups is 1. The standard InChI is InChI=1S/C19H21F3N4O/c1-3-23-19(25-12(2)13-7-5-4-6-8-13)24-11-16(27)26-15-10-9-14(20)17(21)18(15)22/h4-10,12H,3,11H2,1-2H3,(H,26,27)(H2,23,24,25). The number of benzene rings is 2. The zero-order valence-electron chi connectivity index (χ0n) is 15.0. The second-order valence-electron chi connectivity index (χ2n) is 5.74. The number of carbonyl (C=O) groups excluding carboxylic acids is 1. The van der Waals surface area contributed by atoms with Gasteiger partial charge in [0.15, 0.2) is 23.4 Å². The fourth-order valence-corrected chi connectivity index (χ4v) is 2.31. The van der Waals surface area contributed by atoms with Crippen LogP contribution in [-0.4, -0.2) is 25.0 Å². The van der Waals surface area contributed by atoms with Crippen molar-refractivity contribution < 1.29 is 18.0 Å². The highest BCUT2D eigenvalue weighted by atomic mass is 19.2. The number of halogens is 3. The molecule has 0 saturated carbocycles. The van der Waals surface area contributed by atoms with Crippen molar-refractivity contribution >= 4 is 17.6 Å². The van der Waals surface area contributed by atoms with Gasteiger partial charge in [0.1, 0.15) is 6.54 Å². The Morgan fingerprint density at radius 1 is 1.07 bits per heavy atom. The van der Waals surface area contributed by atoms with Crippen LogP contribution in [-0.2, 0) is 4.79 Å². The highest BCUT2D eigenvalue weighted by Gasteiger charge is 2.15. The quantitative estimate of drug-likeness (QED) is 0.410. The first kappa shape index (κ1) is 20.3. The molecule has 144 valence electrons. The maximum absolute atomic E-state index is 13.6. The third-order valence-electron chi connectivity index (χ3n) is 3.69. The van der Waals surface area contributed by atoms with Gasteiger partial charge in [0.25, 0.3) is 0 Å². The van der Waals surface area contributed by atoms with E-state index in [-0.39, 0.29) is 12.6 Å². The molecule has 8 heteroatoms. The second kappa shape index (κ2) is 9.61. The van der Waals surface area contributed by atoms with Gasteiger partial charge in [0, 0.05) is 6.54 Å². The van der Waals surface area contributed by atoms with E-state index in [1.807, 2.05) is 44.2 Å². The number of nitrogens with zero attached hydrogens (tertiary/aromatic N) is 1. The normalized spacial score (nSPS) is 12.4. The summed E-state index contributed by atoms with van der Waals surface area (Å²) in [5.41, 5.74) is 0.598. The van der Waals surface area contributed by atoms with Crippen molar-refractivity contribution in [3.63, 3.8) is 0 Å². The first-order valence-electron chi connectivity index (χ1n) is 8.45. The molecule has 2 aromatic rings. The third kappa shape index (κ3) is 5.73. The van der Waals surface area contributed by atoms with Gasteiger partial charge in [-0.2, -0.15) is 0 Å². The van der Waals surface area contributed by atoms with E-state index in [1.165, 1.54) is 0 Å². The fraction of sp³-hybridized carbons (Fsp3) is 0.263. The summed E-state index contributed by atoms with van der Waals surface area (Å²) in [4.78, 5) is 16.1. The molecule has 1 atom stereocenters. The van der Waals surface area contributed by atoms with E-state index in [4.69, 9.17) is 0 Å². The van der Waals surface area contributed by atoms with Gasteiger partial charge in [-0.15, -0.1) is 0 Å². The number of carbonyl (C=O) groups is 1. The van der Waals surface area contributed by atoms with Crippen molar-refractivity contribution in [2.75, 3.05) is 18.4 Å². The van der Waals surface area contributed by atoms with Gasteiger partial charge in [-0.05, 0) is 31.5 Å². The zero-order chi connectivity index (χ0) is 19.8. The molecule has 1 unspecified atom stereocenters. The molecule has 0 aliphatic rings. The number of anilines is 1. The predicted octanol–water partition coefficient (Wildman–Crippen LogP) is 3.36. The molecule has 1 amide bonds. The monoisotopic (exact) mass is 378 g/mol. The zero-order valence-corrected chi connectivity index (χ0v) is 15.0. The fourth-order valence-electron chi connectivity index (χ4n) is 2.31. The van der Waals surface area contributed by atoms with Crippen molar-refractivity contribution in [3.05, 3.63) is 65.5 Å². The molecule has 0 spiro atoms. The van der Waals surface area contributed by atoms with Crippen molar-refractivity contribution in [1.29, 1.82) is 0 Å². The maximum atomic E-state index is 13.6. The Labute approximate surface area is 155 Å². The van der Waals surface area contributed by atoms with Gasteiger partial charge in [-0.25, -0.2) is 18.2 Å². The van der Waals surface area contributed by atoms with Crippen LogP contribution in [0.5, 0.6) is 0 Å². The van der Waals surface area contributed by atoms with Crippen LogP contribution in [0, 0.1) is 17.5 Å². The Balaban J connectivity index is 2.01. The topological polar surface area (TPSA) is 65.5 Å². The average Bonchev–Trinajstić information content (AvgIpc) is 2.67. The largest absolute Gasteiger partial charge is 0.357 e. The third-order valence-corrected chi connectivity index (χ3v) is 3.69. The molecule has 2 aromatic carbocycles. The first-order chi connectivity index (χ1) is 12.9. The molecule has 2 rings (SSSR count). The van der Waals surface area contributed by atoms with Gasteiger partial charge < -0.3 is 16.0 Å². The lowest BCUT2D eigenvalue weighted by atomic mass is 10.1. The van der Waals surface area contributed by atoms with Crippen LogP contribution in [0.4, 0.5) is 18.9 Å². The van der Waals surface area contributed by atoms with Crippen LogP contribution in [0.25, 0.3) is 0 Å². The van der Waals surface area contributed by atoms with Gasteiger partial charge in [-0.1, -0.05) is 30.3 Å². The molecule has 0 aromatic heterocycles. The minimum atomic E-state index is -1.64. The Morgan fingerprint density at radius 3 is 2.44 bits per heavy atom. The minimum absolute atomic E-state index is 0.0595. The summed E-state index contributed by atoms with van der Waals surface area (Å²) < 4.78 is 39.8. The van der Waals surface area contributed by atoms with Crippen molar-refractivity contribution in [3.8, 4) is 0 Å². The van der Waals surface area contributed by atoms with Gasteiger partial charge in [0.05, 0.1) is 11.7 Å². The number of amides is 1. The summed E-state index contributed by atoms with van der Waals surface area (Å²) in [6.07, 6.45) is 0. The lowest BCUT2D eigenvalue weighted by molar-refractivity contribution is -0.114. The molecule has 0 heterocycles. The summed E-state index contributed by atoms with van der Waals surface area (Å²) in [6.45, 7) is 4.07. The maximum Gasteiger partial charge on any atom is 0.246 e. The van der Waals surface area contributed by atoms with Crippen LogP contribution in [0.3, 0.4) is 0 Å². The van der Waals surface area contributed by atoms with Crippen molar-refractivity contribution in [2.24, 2.45) is 4.99 Å². The Bertz CT molecular complexity index is 812. The molecule has 0 radical (unpaired) electrons.